The molecule has 0 saturated heterocycles. The van der Waals surface area contributed by atoms with E-state index >= 15 is 0 Å². The maximum atomic E-state index is 13.0. The lowest BCUT2D eigenvalue weighted by Gasteiger charge is -2.09. The maximum absolute atomic E-state index is 13.0. The Hall–Kier alpha value is -2.54. The van der Waals surface area contributed by atoms with Crippen LogP contribution in [0.4, 0.5) is 4.39 Å². The molecule has 0 amide bonds. The molecule has 5 nitrogen and oxygen atoms in total. The second-order valence-electron chi connectivity index (χ2n) is 4.21. The highest BCUT2D eigenvalue weighted by atomic mass is 32.1. The van der Waals surface area contributed by atoms with Crippen LogP contribution < -0.4 is 5.56 Å². The van der Waals surface area contributed by atoms with Crippen LogP contribution in [0.15, 0.2) is 40.6 Å². The third-order valence-electron chi connectivity index (χ3n) is 2.98. The SMILES string of the molecule is COC(=O)c1cc2ncsc2n(-c2ccc(F)cc2)c1=O. The average molecular weight is 304 g/mol. The fourth-order valence-corrected chi connectivity index (χ4v) is 2.80. The summed E-state index contributed by atoms with van der Waals surface area (Å²) in [5.41, 5.74) is 1.90. The van der Waals surface area contributed by atoms with Crippen LogP contribution in [0.5, 0.6) is 0 Å². The third-order valence-corrected chi connectivity index (χ3v) is 3.81. The van der Waals surface area contributed by atoms with Gasteiger partial charge in [0.2, 0.25) is 0 Å². The number of hydrogen-bond donors (Lipinski definition) is 0. The zero-order valence-electron chi connectivity index (χ0n) is 10.9. The van der Waals surface area contributed by atoms with Gasteiger partial charge in [0.15, 0.2) is 0 Å². The fraction of sp³-hybridized carbons (Fsp3) is 0.0714. The van der Waals surface area contributed by atoms with Gasteiger partial charge in [0.25, 0.3) is 5.56 Å². The molecule has 0 spiro atoms. The van der Waals surface area contributed by atoms with Crippen LogP contribution in [0, 0.1) is 5.82 Å². The minimum absolute atomic E-state index is 0.111. The Morgan fingerprint density at radius 3 is 2.71 bits per heavy atom. The first-order valence-corrected chi connectivity index (χ1v) is 6.83. The van der Waals surface area contributed by atoms with Gasteiger partial charge < -0.3 is 4.74 Å². The number of hydrogen-bond acceptors (Lipinski definition) is 5. The van der Waals surface area contributed by atoms with Gasteiger partial charge in [0.1, 0.15) is 16.2 Å². The van der Waals surface area contributed by atoms with Crippen LogP contribution in [0.2, 0.25) is 0 Å². The summed E-state index contributed by atoms with van der Waals surface area (Å²) in [7, 11) is 1.20. The second-order valence-corrected chi connectivity index (χ2v) is 5.04. The average Bonchev–Trinajstić information content (AvgIpc) is 2.95. The molecule has 1 aromatic carbocycles. The van der Waals surface area contributed by atoms with Gasteiger partial charge in [-0.2, -0.15) is 0 Å². The zero-order chi connectivity index (χ0) is 15.0. The van der Waals surface area contributed by atoms with Gasteiger partial charge >= 0.3 is 5.97 Å². The van der Waals surface area contributed by atoms with Crippen LogP contribution in [0.3, 0.4) is 0 Å². The Morgan fingerprint density at radius 2 is 2.05 bits per heavy atom. The summed E-state index contributed by atoms with van der Waals surface area (Å²) in [6.07, 6.45) is 0. The van der Waals surface area contributed by atoms with Crippen molar-refractivity contribution in [1.82, 2.24) is 9.55 Å². The van der Waals surface area contributed by atoms with Crippen LogP contribution in [-0.2, 0) is 4.74 Å². The molecule has 0 bridgehead atoms. The fourth-order valence-electron chi connectivity index (χ4n) is 2.01. The Balaban J connectivity index is 2.37. The van der Waals surface area contributed by atoms with Crippen LogP contribution >= 0.6 is 11.3 Å². The molecule has 106 valence electrons. The number of rotatable bonds is 2. The highest BCUT2D eigenvalue weighted by molar-refractivity contribution is 7.16. The van der Waals surface area contributed by atoms with E-state index in [0.717, 1.165) is 0 Å². The van der Waals surface area contributed by atoms with Gasteiger partial charge in [-0.3, -0.25) is 9.36 Å². The summed E-state index contributed by atoms with van der Waals surface area (Å²) in [6, 6.07) is 6.84. The van der Waals surface area contributed by atoms with E-state index in [-0.39, 0.29) is 5.56 Å². The molecule has 0 saturated carbocycles. The lowest BCUT2D eigenvalue weighted by atomic mass is 10.2. The summed E-state index contributed by atoms with van der Waals surface area (Å²) in [5.74, 6) is -1.14. The molecular formula is C14H9FN2O3S. The molecule has 0 radical (unpaired) electrons. The topological polar surface area (TPSA) is 61.2 Å². The van der Waals surface area contributed by atoms with E-state index in [2.05, 4.69) is 9.72 Å². The molecule has 3 aromatic rings. The Bertz CT molecular complexity index is 883. The monoisotopic (exact) mass is 304 g/mol. The van der Waals surface area contributed by atoms with Crippen LogP contribution in [0.25, 0.3) is 16.0 Å². The molecule has 0 aliphatic rings. The number of ether oxygens (including phenoxy) is 1. The Morgan fingerprint density at radius 1 is 1.33 bits per heavy atom. The van der Waals surface area contributed by atoms with E-state index in [4.69, 9.17) is 0 Å². The van der Waals surface area contributed by atoms with Crippen molar-refractivity contribution in [2.75, 3.05) is 7.11 Å². The number of methoxy groups -OCH3 is 1. The van der Waals surface area contributed by atoms with Crippen molar-refractivity contribution in [3.05, 3.63) is 57.6 Å². The molecule has 0 unspecified atom stereocenters. The van der Waals surface area contributed by atoms with E-state index in [1.54, 1.807) is 5.51 Å². The highest BCUT2D eigenvalue weighted by Gasteiger charge is 2.18. The van der Waals surface area contributed by atoms with E-state index < -0.39 is 17.3 Å². The smallest absolute Gasteiger partial charge is 0.343 e. The lowest BCUT2D eigenvalue weighted by molar-refractivity contribution is 0.0598. The highest BCUT2D eigenvalue weighted by Crippen LogP contribution is 2.21. The van der Waals surface area contributed by atoms with Crippen molar-refractivity contribution in [2.24, 2.45) is 0 Å². The van der Waals surface area contributed by atoms with Crippen molar-refractivity contribution >= 4 is 27.7 Å². The van der Waals surface area contributed by atoms with E-state index in [9.17, 15) is 14.0 Å². The number of thiazole rings is 1. The molecule has 0 N–H and O–H groups in total. The first kappa shape index (κ1) is 13.4. The van der Waals surface area contributed by atoms with Gasteiger partial charge in [-0.05, 0) is 30.3 Å². The molecule has 2 heterocycles. The maximum Gasteiger partial charge on any atom is 0.343 e. The summed E-state index contributed by atoms with van der Waals surface area (Å²) in [4.78, 5) is 28.9. The van der Waals surface area contributed by atoms with Crippen molar-refractivity contribution in [1.29, 1.82) is 0 Å². The molecule has 0 fully saturated rings. The Labute approximate surface area is 122 Å². The summed E-state index contributed by atoms with van der Waals surface area (Å²) in [6.45, 7) is 0. The number of pyridine rings is 1. The molecule has 3 rings (SSSR count). The summed E-state index contributed by atoms with van der Waals surface area (Å²) in [5, 5.41) is 0. The molecule has 7 heteroatoms. The predicted octanol–water partition coefficient (Wildman–Crippen LogP) is 2.37. The summed E-state index contributed by atoms with van der Waals surface area (Å²) >= 11 is 1.26. The number of esters is 1. The van der Waals surface area contributed by atoms with Crippen molar-refractivity contribution < 1.29 is 13.9 Å². The molecule has 0 aliphatic heterocycles. The molecule has 0 aliphatic carbocycles. The summed E-state index contributed by atoms with van der Waals surface area (Å²) < 4.78 is 19.0. The molecule has 2 aromatic heterocycles. The molecule has 21 heavy (non-hydrogen) atoms. The van der Waals surface area contributed by atoms with E-state index in [1.807, 2.05) is 0 Å². The Kier molecular flexibility index (Phi) is 3.26. The van der Waals surface area contributed by atoms with Crippen molar-refractivity contribution in [3.8, 4) is 5.69 Å². The minimum Gasteiger partial charge on any atom is -0.465 e. The normalized spacial score (nSPS) is 10.8. The number of halogens is 1. The van der Waals surface area contributed by atoms with Gasteiger partial charge in [-0.25, -0.2) is 14.2 Å². The van der Waals surface area contributed by atoms with Crippen molar-refractivity contribution in [3.63, 3.8) is 0 Å². The molecule has 0 atom stereocenters. The predicted molar refractivity (Wildman–Crippen MR) is 76.5 cm³/mol. The van der Waals surface area contributed by atoms with Crippen LogP contribution in [-0.4, -0.2) is 22.6 Å². The van der Waals surface area contributed by atoms with Crippen LogP contribution in [0.1, 0.15) is 10.4 Å². The number of benzene rings is 1. The number of carbonyl (C=O) groups excluding carboxylic acids is 1. The van der Waals surface area contributed by atoms with Gasteiger partial charge in [0, 0.05) is 0 Å². The van der Waals surface area contributed by atoms with E-state index in [1.165, 1.54) is 53.3 Å². The van der Waals surface area contributed by atoms with E-state index in [0.29, 0.717) is 16.0 Å². The quantitative estimate of drug-likeness (QED) is 0.682. The number of carbonyl (C=O) groups is 1. The zero-order valence-corrected chi connectivity index (χ0v) is 11.7. The lowest BCUT2D eigenvalue weighted by Crippen LogP contribution is -2.25. The number of fused-ring (bicyclic) bond motifs is 1. The van der Waals surface area contributed by atoms with Crippen molar-refractivity contribution in [2.45, 2.75) is 0 Å². The third kappa shape index (κ3) is 2.21. The number of aromatic nitrogens is 2. The second kappa shape index (κ2) is 5.10. The van der Waals surface area contributed by atoms with Gasteiger partial charge in [-0.1, -0.05) is 0 Å². The largest absolute Gasteiger partial charge is 0.465 e. The minimum atomic E-state index is -0.731. The number of nitrogens with zero attached hydrogens (tertiary/aromatic N) is 2. The first-order chi connectivity index (χ1) is 10.1. The standard InChI is InChI=1S/C14H9FN2O3S/c1-20-14(19)10-6-11-13(21-7-16-11)17(12(10)18)9-4-2-8(15)3-5-9/h2-7H,1H3. The molecular weight excluding hydrogens is 295 g/mol. The first-order valence-electron chi connectivity index (χ1n) is 5.95. The van der Waals surface area contributed by atoms with Gasteiger partial charge in [-0.15, -0.1) is 11.3 Å². The van der Waals surface area contributed by atoms with Gasteiger partial charge in [0.05, 0.1) is 23.8 Å².